The standard InChI is InChI=1S/C17H18N2S/c1-11-9-13(7-8-14(11)17(18)20)19-16-10-15(16)12-5-3-2-4-6-12/h2-9,15-16,19H,10H2,1H3,(H2,18,20). The van der Waals surface area contributed by atoms with Gasteiger partial charge >= 0.3 is 0 Å². The third-order valence-electron chi connectivity index (χ3n) is 3.86. The van der Waals surface area contributed by atoms with E-state index in [0.717, 1.165) is 16.8 Å². The first-order chi connectivity index (χ1) is 9.65. The number of hydrogen-bond donors (Lipinski definition) is 2. The minimum absolute atomic E-state index is 0.461. The minimum atomic E-state index is 0.461. The Bertz CT molecular complexity index is 637. The van der Waals surface area contributed by atoms with Gasteiger partial charge in [-0.3, -0.25) is 0 Å². The summed E-state index contributed by atoms with van der Waals surface area (Å²) in [5.41, 5.74) is 10.3. The Hall–Kier alpha value is -1.87. The van der Waals surface area contributed by atoms with Crippen LogP contribution in [0, 0.1) is 6.92 Å². The lowest BCUT2D eigenvalue weighted by Crippen LogP contribution is -2.12. The zero-order valence-electron chi connectivity index (χ0n) is 11.5. The van der Waals surface area contributed by atoms with Gasteiger partial charge in [-0.15, -0.1) is 0 Å². The maximum Gasteiger partial charge on any atom is 0.104 e. The molecule has 0 bridgehead atoms. The molecule has 2 atom stereocenters. The van der Waals surface area contributed by atoms with Gasteiger partial charge in [0.1, 0.15) is 4.99 Å². The molecule has 20 heavy (non-hydrogen) atoms. The molecule has 0 aromatic heterocycles. The second kappa shape index (κ2) is 5.25. The number of benzene rings is 2. The highest BCUT2D eigenvalue weighted by molar-refractivity contribution is 7.80. The maximum atomic E-state index is 5.69. The van der Waals surface area contributed by atoms with E-state index in [9.17, 15) is 0 Å². The Kier molecular flexibility index (Phi) is 3.45. The monoisotopic (exact) mass is 282 g/mol. The van der Waals surface area contributed by atoms with Crippen molar-refractivity contribution in [2.75, 3.05) is 5.32 Å². The Balaban J connectivity index is 1.68. The molecule has 3 heteroatoms. The molecule has 2 aromatic rings. The first-order valence-corrected chi connectivity index (χ1v) is 7.28. The van der Waals surface area contributed by atoms with Crippen LogP contribution in [0.5, 0.6) is 0 Å². The molecule has 0 spiro atoms. The van der Waals surface area contributed by atoms with Crippen LogP contribution in [0.2, 0.25) is 0 Å². The van der Waals surface area contributed by atoms with Gasteiger partial charge in [0.05, 0.1) is 0 Å². The summed E-state index contributed by atoms with van der Waals surface area (Å²) in [5.74, 6) is 0.631. The van der Waals surface area contributed by atoms with Gasteiger partial charge in [-0.1, -0.05) is 42.5 Å². The highest BCUT2D eigenvalue weighted by atomic mass is 32.1. The van der Waals surface area contributed by atoms with Crippen LogP contribution in [-0.2, 0) is 0 Å². The van der Waals surface area contributed by atoms with Gasteiger partial charge in [0.25, 0.3) is 0 Å². The van der Waals surface area contributed by atoms with Crippen molar-refractivity contribution in [3.63, 3.8) is 0 Å². The molecule has 1 saturated carbocycles. The van der Waals surface area contributed by atoms with Crippen molar-refractivity contribution in [1.29, 1.82) is 0 Å². The third-order valence-corrected chi connectivity index (χ3v) is 4.08. The third kappa shape index (κ3) is 2.68. The maximum absolute atomic E-state index is 5.69. The van der Waals surface area contributed by atoms with E-state index in [1.165, 1.54) is 12.0 Å². The summed E-state index contributed by atoms with van der Waals surface area (Å²) < 4.78 is 0. The Morgan fingerprint density at radius 3 is 2.60 bits per heavy atom. The number of hydrogen-bond acceptors (Lipinski definition) is 2. The summed E-state index contributed by atoms with van der Waals surface area (Å²) in [6, 6.07) is 17.4. The van der Waals surface area contributed by atoms with E-state index < -0.39 is 0 Å². The average molecular weight is 282 g/mol. The highest BCUT2D eigenvalue weighted by Gasteiger charge is 2.38. The lowest BCUT2D eigenvalue weighted by atomic mass is 10.1. The molecule has 0 radical (unpaired) electrons. The van der Waals surface area contributed by atoms with Crippen LogP contribution in [0.25, 0.3) is 0 Å². The first kappa shape index (κ1) is 13.1. The number of aryl methyl sites for hydroxylation is 1. The lowest BCUT2D eigenvalue weighted by Gasteiger charge is -2.10. The summed E-state index contributed by atoms with van der Waals surface area (Å²) >= 11 is 5.03. The number of nitrogens with one attached hydrogen (secondary N) is 1. The molecule has 0 heterocycles. The second-order valence-corrected chi connectivity index (χ2v) is 5.84. The predicted molar refractivity (Wildman–Crippen MR) is 88.3 cm³/mol. The van der Waals surface area contributed by atoms with E-state index in [0.29, 0.717) is 16.9 Å². The summed E-state index contributed by atoms with van der Waals surface area (Å²) in [6.45, 7) is 2.04. The highest BCUT2D eigenvalue weighted by Crippen LogP contribution is 2.42. The largest absolute Gasteiger partial charge is 0.389 e. The van der Waals surface area contributed by atoms with Gasteiger partial charge < -0.3 is 11.1 Å². The van der Waals surface area contributed by atoms with Gasteiger partial charge in [-0.2, -0.15) is 0 Å². The van der Waals surface area contributed by atoms with E-state index in [2.05, 4.69) is 47.8 Å². The number of rotatable bonds is 4. The van der Waals surface area contributed by atoms with Crippen molar-refractivity contribution in [3.8, 4) is 0 Å². The minimum Gasteiger partial charge on any atom is -0.389 e. The summed E-state index contributed by atoms with van der Waals surface area (Å²) in [7, 11) is 0. The number of anilines is 1. The molecule has 0 aliphatic heterocycles. The van der Waals surface area contributed by atoms with E-state index in [4.69, 9.17) is 18.0 Å². The summed E-state index contributed by atoms with van der Waals surface area (Å²) in [6.07, 6.45) is 1.19. The van der Waals surface area contributed by atoms with E-state index in [1.54, 1.807) is 0 Å². The number of thiocarbonyl (C=S) groups is 1. The zero-order valence-corrected chi connectivity index (χ0v) is 12.3. The molecule has 2 aromatic carbocycles. The van der Waals surface area contributed by atoms with Crippen LogP contribution >= 0.6 is 12.2 Å². The smallest absolute Gasteiger partial charge is 0.104 e. The van der Waals surface area contributed by atoms with Gasteiger partial charge in [-0.25, -0.2) is 0 Å². The molecular formula is C17H18N2S. The number of nitrogens with two attached hydrogens (primary N) is 1. The molecule has 2 unspecified atom stereocenters. The SMILES string of the molecule is Cc1cc(NC2CC2c2ccccc2)ccc1C(N)=S. The first-order valence-electron chi connectivity index (χ1n) is 6.87. The van der Waals surface area contributed by atoms with Crippen LogP contribution in [-0.4, -0.2) is 11.0 Å². The molecule has 0 amide bonds. The molecule has 2 nitrogen and oxygen atoms in total. The lowest BCUT2D eigenvalue weighted by molar-refractivity contribution is 1.04. The van der Waals surface area contributed by atoms with Crippen molar-refractivity contribution in [3.05, 3.63) is 65.2 Å². The Labute approximate surface area is 125 Å². The molecule has 1 aliphatic carbocycles. The van der Waals surface area contributed by atoms with Crippen molar-refractivity contribution < 1.29 is 0 Å². The quantitative estimate of drug-likeness (QED) is 0.842. The fourth-order valence-corrected chi connectivity index (χ4v) is 2.90. The molecule has 1 fully saturated rings. The van der Waals surface area contributed by atoms with Gasteiger partial charge in [0.2, 0.25) is 0 Å². The van der Waals surface area contributed by atoms with Crippen LogP contribution in [0.1, 0.15) is 29.0 Å². The van der Waals surface area contributed by atoms with Gasteiger partial charge in [0, 0.05) is 23.2 Å². The van der Waals surface area contributed by atoms with Crippen LogP contribution in [0.4, 0.5) is 5.69 Å². The Morgan fingerprint density at radius 2 is 1.95 bits per heavy atom. The second-order valence-electron chi connectivity index (χ2n) is 5.40. The van der Waals surface area contributed by atoms with Gasteiger partial charge in [0.15, 0.2) is 0 Å². The fraction of sp³-hybridized carbons (Fsp3) is 0.235. The van der Waals surface area contributed by atoms with Crippen LogP contribution in [0.3, 0.4) is 0 Å². The van der Waals surface area contributed by atoms with E-state index in [1.807, 2.05) is 13.0 Å². The zero-order chi connectivity index (χ0) is 14.1. The van der Waals surface area contributed by atoms with Crippen molar-refractivity contribution in [1.82, 2.24) is 0 Å². The van der Waals surface area contributed by atoms with E-state index >= 15 is 0 Å². The topological polar surface area (TPSA) is 38.0 Å². The van der Waals surface area contributed by atoms with Crippen molar-refractivity contribution >= 4 is 22.9 Å². The normalized spacial score (nSPS) is 20.4. The van der Waals surface area contributed by atoms with E-state index in [-0.39, 0.29) is 0 Å². The van der Waals surface area contributed by atoms with Crippen LogP contribution in [0.15, 0.2) is 48.5 Å². The van der Waals surface area contributed by atoms with Crippen LogP contribution < -0.4 is 11.1 Å². The van der Waals surface area contributed by atoms with Gasteiger partial charge in [-0.05, 0) is 42.7 Å². The van der Waals surface area contributed by atoms with Crippen molar-refractivity contribution in [2.24, 2.45) is 5.73 Å². The molecule has 3 rings (SSSR count). The molecular weight excluding hydrogens is 264 g/mol. The summed E-state index contributed by atoms with van der Waals surface area (Å²) in [4.78, 5) is 0.461. The predicted octanol–water partition coefficient (Wildman–Crippen LogP) is 3.60. The molecule has 102 valence electrons. The average Bonchev–Trinajstić information content (AvgIpc) is 3.18. The molecule has 1 aliphatic rings. The molecule has 3 N–H and O–H groups in total. The Morgan fingerprint density at radius 1 is 1.20 bits per heavy atom. The van der Waals surface area contributed by atoms with Crippen molar-refractivity contribution in [2.45, 2.75) is 25.3 Å². The fourth-order valence-electron chi connectivity index (χ4n) is 2.67. The molecule has 0 saturated heterocycles. The summed E-state index contributed by atoms with van der Waals surface area (Å²) in [5, 5.41) is 3.59.